The summed E-state index contributed by atoms with van der Waals surface area (Å²) in [4.78, 5) is 29.1. The zero-order chi connectivity index (χ0) is 17.4. The van der Waals surface area contributed by atoms with Gasteiger partial charge in [0.15, 0.2) is 5.78 Å². The maximum Gasteiger partial charge on any atom is 0.256 e. The normalized spacial score (nSPS) is 11.0. The van der Waals surface area contributed by atoms with Crippen molar-refractivity contribution in [1.29, 1.82) is 0 Å². The van der Waals surface area contributed by atoms with Crippen LogP contribution < -0.4 is 0 Å². The highest BCUT2D eigenvalue weighted by Crippen LogP contribution is 2.21. The topological polar surface area (TPSA) is 79.0 Å². The minimum Gasteiger partial charge on any atom is -0.355 e. The zero-order valence-electron chi connectivity index (χ0n) is 14.0. The van der Waals surface area contributed by atoms with E-state index in [0.29, 0.717) is 29.1 Å². The first-order valence-corrected chi connectivity index (χ1v) is 8.28. The molecule has 7 heteroatoms. The van der Waals surface area contributed by atoms with Crippen LogP contribution in [0.1, 0.15) is 44.6 Å². The lowest BCUT2D eigenvalue weighted by Crippen LogP contribution is -2.27. The molecule has 0 unspecified atom stereocenters. The summed E-state index contributed by atoms with van der Waals surface area (Å²) in [6.45, 7) is 5.57. The minimum absolute atomic E-state index is 0.0706. The van der Waals surface area contributed by atoms with Crippen LogP contribution in [-0.4, -0.2) is 37.4 Å². The highest BCUT2D eigenvalue weighted by Gasteiger charge is 2.22. The van der Waals surface area contributed by atoms with E-state index in [1.54, 1.807) is 18.9 Å². The van der Waals surface area contributed by atoms with Gasteiger partial charge in [-0.15, -0.1) is 0 Å². The van der Waals surface area contributed by atoms with E-state index in [1.165, 1.54) is 18.7 Å². The van der Waals surface area contributed by atoms with Crippen LogP contribution in [0, 0.1) is 13.8 Å². The van der Waals surface area contributed by atoms with Gasteiger partial charge in [-0.25, -0.2) is 0 Å². The predicted molar refractivity (Wildman–Crippen MR) is 93.5 cm³/mol. The van der Waals surface area contributed by atoms with Crippen molar-refractivity contribution < 1.29 is 9.59 Å². The quantitative estimate of drug-likeness (QED) is 0.739. The number of carbonyl (C=O) groups is 2. The first-order valence-electron chi connectivity index (χ1n) is 7.55. The number of nitrogens with one attached hydrogen (secondary N) is 1. The third kappa shape index (κ3) is 2.82. The molecule has 2 aromatic heterocycles. The monoisotopic (exact) mass is 342 g/mol. The van der Waals surface area contributed by atoms with Crippen molar-refractivity contribution in [1.82, 2.24) is 18.6 Å². The van der Waals surface area contributed by atoms with Crippen LogP contribution in [-0.2, 0) is 6.54 Å². The molecule has 0 bridgehead atoms. The van der Waals surface area contributed by atoms with E-state index < -0.39 is 0 Å². The van der Waals surface area contributed by atoms with Gasteiger partial charge in [-0.3, -0.25) is 9.59 Å². The number of fused-ring (bicyclic) bond motifs is 1. The molecule has 6 nitrogen and oxygen atoms in total. The van der Waals surface area contributed by atoms with Gasteiger partial charge < -0.3 is 9.88 Å². The van der Waals surface area contributed by atoms with Gasteiger partial charge in [-0.05, 0) is 37.1 Å². The predicted octanol–water partition coefficient (Wildman–Crippen LogP) is 3.11. The average Bonchev–Trinajstić information content (AvgIpc) is 3.10. The fourth-order valence-corrected chi connectivity index (χ4v) is 3.40. The molecule has 0 radical (unpaired) electrons. The molecule has 0 atom stereocenters. The van der Waals surface area contributed by atoms with E-state index >= 15 is 0 Å². The summed E-state index contributed by atoms with van der Waals surface area (Å²) in [5.41, 5.74) is 5.18. The average molecular weight is 342 g/mol. The standard InChI is InChI=1S/C17H18N4O2S/c1-9-15(10(2)18-16(9)11(3)22)17(23)21(4)8-12-5-6-13-14(7-12)20-24-19-13/h5-7,18H,8H2,1-4H3. The Bertz CT molecular complexity index is 941. The lowest BCUT2D eigenvalue weighted by Gasteiger charge is -2.18. The van der Waals surface area contributed by atoms with Crippen LogP contribution in [0.2, 0.25) is 0 Å². The molecule has 0 spiro atoms. The Balaban J connectivity index is 1.85. The van der Waals surface area contributed by atoms with Gasteiger partial charge in [-0.1, -0.05) is 6.07 Å². The van der Waals surface area contributed by atoms with Crippen LogP contribution in [0.15, 0.2) is 18.2 Å². The zero-order valence-corrected chi connectivity index (χ0v) is 14.8. The lowest BCUT2D eigenvalue weighted by molar-refractivity contribution is 0.0784. The molecule has 0 aliphatic heterocycles. The Morgan fingerprint density at radius 1 is 1.21 bits per heavy atom. The summed E-state index contributed by atoms with van der Waals surface area (Å²) in [5.74, 6) is -0.177. The number of aromatic nitrogens is 3. The molecule has 3 aromatic rings. The molecule has 124 valence electrons. The number of hydrogen-bond acceptors (Lipinski definition) is 5. The van der Waals surface area contributed by atoms with Crippen molar-refractivity contribution in [2.45, 2.75) is 27.3 Å². The molecular formula is C17H18N4O2S. The Labute approximate surface area is 143 Å². The lowest BCUT2D eigenvalue weighted by atomic mass is 10.1. The third-order valence-corrected chi connectivity index (χ3v) is 4.64. The molecule has 0 fully saturated rings. The van der Waals surface area contributed by atoms with Crippen LogP contribution in [0.25, 0.3) is 11.0 Å². The van der Waals surface area contributed by atoms with Gasteiger partial charge in [0.25, 0.3) is 5.91 Å². The maximum absolute atomic E-state index is 12.8. The molecule has 0 saturated heterocycles. The van der Waals surface area contributed by atoms with Crippen molar-refractivity contribution in [2.24, 2.45) is 0 Å². The van der Waals surface area contributed by atoms with Crippen LogP contribution in [0.3, 0.4) is 0 Å². The Kier molecular flexibility index (Phi) is 4.19. The minimum atomic E-state index is -0.106. The molecule has 0 aliphatic carbocycles. The molecule has 1 N–H and O–H groups in total. The summed E-state index contributed by atoms with van der Waals surface area (Å²) in [6, 6.07) is 5.80. The molecule has 24 heavy (non-hydrogen) atoms. The first-order chi connectivity index (χ1) is 11.4. The second-order valence-electron chi connectivity index (χ2n) is 5.93. The van der Waals surface area contributed by atoms with Crippen LogP contribution in [0.5, 0.6) is 0 Å². The van der Waals surface area contributed by atoms with Gasteiger partial charge in [-0.2, -0.15) is 8.75 Å². The summed E-state index contributed by atoms with van der Waals surface area (Å²) in [6.07, 6.45) is 0. The molecule has 3 rings (SSSR count). The fourth-order valence-electron chi connectivity index (χ4n) is 2.89. The Morgan fingerprint density at radius 3 is 2.58 bits per heavy atom. The number of aromatic amines is 1. The number of nitrogens with zero attached hydrogens (tertiary/aromatic N) is 3. The summed E-state index contributed by atoms with van der Waals surface area (Å²) < 4.78 is 8.40. The van der Waals surface area contributed by atoms with E-state index in [1.807, 2.05) is 25.1 Å². The number of hydrogen-bond donors (Lipinski definition) is 1. The van der Waals surface area contributed by atoms with E-state index in [0.717, 1.165) is 16.6 Å². The Morgan fingerprint density at radius 2 is 1.92 bits per heavy atom. The molecule has 1 amide bonds. The first kappa shape index (κ1) is 16.3. The summed E-state index contributed by atoms with van der Waals surface area (Å²) >= 11 is 1.18. The number of carbonyl (C=O) groups excluding carboxylic acids is 2. The van der Waals surface area contributed by atoms with Crippen molar-refractivity contribution >= 4 is 34.5 Å². The van der Waals surface area contributed by atoms with Crippen molar-refractivity contribution in [3.8, 4) is 0 Å². The van der Waals surface area contributed by atoms with E-state index in [-0.39, 0.29) is 11.7 Å². The van der Waals surface area contributed by atoms with Crippen molar-refractivity contribution in [3.63, 3.8) is 0 Å². The second-order valence-corrected chi connectivity index (χ2v) is 6.46. The maximum atomic E-state index is 12.8. The smallest absolute Gasteiger partial charge is 0.256 e. The fraction of sp³-hybridized carbons (Fsp3) is 0.294. The van der Waals surface area contributed by atoms with Crippen molar-refractivity contribution in [2.75, 3.05) is 7.05 Å². The van der Waals surface area contributed by atoms with E-state index in [4.69, 9.17) is 0 Å². The highest BCUT2D eigenvalue weighted by atomic mass is 32.1. The van der Waals surface area contributed by atoms with Gasteiger partial charge in [0.1, 0.15) is 11.0 Å². The van der Waals surface area contributed by atoms with E-state index in [2.05, 4.69) is 13.7 Å². The third-order valence-electron chi connectivity index (χ3n) is 4.09. The summed E-state index contributed by atoms with van der Waals surface area (Å²) in [5, 5.41) is 0. The number of rotatable bonds is 4. The number of Topliss-reactive ketones (excluding diaryl/α,β-unsaturated/α-hetero) is 1. The molecule has 1 aromatic carbocycles. The van der Waals surface area contributed by atoms with Gasteiger partial charge >= 0.3 is 0 Å². The second kappa shape index (κ2) is 6.16. The summed E-state index contributed by atoms with van der Waals surface area (Å²) in [7, 11) is 1.76. The molecule has 0 aliphatic rings. The number of benzene rings is 1. The van der Waals surface area contributed by atoms with Crippen LogP contribution in [0.4, 0.5) is 0 Å². The molecule has 2 heterocycles. The highest BCUT2D eigenvalue weighted by molar-refractivity contribution is 7.00. The SMILES string of the molecule is CC(=O)c1[nH]c(C)c(C(=O)N(C)Cc2ccc3nsnc3c2)c1C. The molecular weight excluding hydrogens is 324 g/mol. The van der Waals surface area contributed by atoms with Crippen molar-refractivity contribution in [3.05, 3.63) is 46.3 Å². The van der Waals surface area contributed by atoms with E-state index in [9.17, 15) is 9.59 Å². The van der Waals surface area contributed by atoms with Gasteiger partial charge in [0.2, 0.25) is 0 Å². The largest absolute Gasteiger partial charge is 0.355 e. The van der Waals surface area contributed by atoms with Crippen LogP contribution >= 0.6 is 11.7 Å². The number of H-pyrrole nitrogens is 1. The molecule has 0 saturated carbocycles. The number of aryl methyl sites for hydroxylation is 1. The Hall–Kier alpha value is -2.54. The van der Waals surface area contributed by atoms with Gasteiger partial charge in [0, 0.05) is 26.2 Å². The van der Waals surface area contributed by atoms with Gasteiger partial charge in [0.05, 0.1) is 23.0 Å². The number of amides is 1. The number of ketones is 1.